The van der Waals surface area contributed by atoms with Crippen LogP contribution in [-0.4, -0.2) is 17.7 Å². The van der Waals surface area contributed by atoms with Crippen LogP contribution in [0.1, 0.15) is 18.4 Å². The van der Waals surface area contributed by atoms with Crippen molar-refractivity contribution < 1.29 is 4.42 Å². The maximum absolute atomic E-state index is 11.4. The Kier molecular flexibility index (Phi) is 4.17. The molecule has 0 bridgehead atoms. The Bertz CT molecular complexity index is 571. The Morgan fingerprint density at radius 2 is 2.22 bits per heavy atom. The van der Waals surface area contributed by atoms with Gasteiger partial charge in [-0.3, -0.25) is 4.57 Å². The van der Waals surface area contributed by atoms with Gasteiger partial charge >= 0.3 is 5.76 Å². The lowest BCUT2D eigenvalue weighted by Crippen LogP contribution is -2.15. The van der Waals surface area contributed by atoms with Crippen LogP contribution in [0.25, 0.3) is 11.1 Å². The van der Waals surface area contributed by atoms with E-state index in [-0.39, 0.29) is 5.76 Å². The molecular weight excluding hydrogens is 230 g/mol. The van der Waals surface area contributed by atoms with Crippen LogP contribution in [0.15, 0.2) is 27.4 Å². The molecule has 0 fully saturated rings. The van der Waals surface area contributed by atoms with Crippen LogP contribution in [0.4, 0.5) is 0 Å². The van der Waals surface area contributed by atoms with Gasteiger partial charge in [0.1, 0.15) is 0 Å². The number of unbranched alkanes of at least 4 members (excludes halogenated alkanes) is 1. The molecule has 1 aromatic heterocycles. The summed E-state index contributed by atoms with van der Waals surface area (Å²) in [4.78, 5) is 11.4. The highest BCUT2D eigenvalue weighted by molar-refractivity contribution is 5.73. The van der Waals surface area contributed by atoms with Crippen molar-refractivity contribution in [1.29, 1.82) is 0 Å². The largest absolute Gasteiger partial charge is 0.419 e. The van der Waals surface area contributed by atoms with Crippen molar-refractivity contribution >= 4 is 11.1 Å². The lowest BCUT2D eigenvalue weighted by atomic mass is 10.2. The molecule has 0 atom stereocenters. The van der Waals surface area contributed by atoms with Gasteiger partial charge < -0.3 is 15.5 Å². The van der Waals surface area contributed by atoms with E-state index in [1.165, 1.54) is 4.57 Å². The van der Waals surface area contributed by atoms with E-state index >= 15 is 0 Å². The molecule has 3 N–H and O–H groups in total. The van der Waals surface area contributed by atoms with Gasteiger partial charge in [0.25, 0.3) is 0 Å². The first-order valence-electron chi connectivity index (χ1n) is 6.21. The van der Waals surface area contributed by atoms with Crippen LogP contribution >= 0.6 is 0 Å². The number of aromatic nitrogens is 1. The average molecular weight is 249 g/mol. The number of nitrogens with one attached hydrogen (secondary N) is 1. The van der Waals surface area contributed by atoms with E-state index in [0.717, 1.165) is 43.6 Å². The van der Waals surface area contributed by atoms with E-state index in [1.807, 2.05) is 18.2 Å². The average Bonchev–Trinajstić information content (AvgIpc) is 2.65. The number of nitrogens with zero attached hydrogens (tertiary/aromatic N) is 1. The summed E-state index contributed by atoms with van der Waals surface area (Å²) in [6.07, 6.45) is 2.12. The Morgan fingerprint density at radius 1 is 1.39 bits per heavy atom. The van der Waals surface area contributed by atoms with E-state index in [4.69, 9.17) is 10.2 Å². The van der Waals surface area contributed by atoms with Gasteiger partial charge in [-0.2, -0.15) is 0 Å². The Labute approximate surface area is 106 Å². The molecule has 18 heavy (non-hydrogen) atoms. The zero-order chi connectivity index (χ0) is 13.0. The molecule has 0 amide bonds. The van der Waals surface area contributed by atoms with Crippen LogP contribution < -0.4 is 16.8 Å². The third-order valence-electron chi connectivity index (χ3n) is 2.99. The van der Waals surface area contributed by atoms with Crippen molar-refractivity contribution in [3.8, 4) is 0 Å². The number of aryl methyl sites for hydroxylation is 1. The van der Waals surface area contributed by atoms with E-state index < -0.39 is 0 Å². The first kappa shape index (κ1) is 12.9. The fourth-order valence-corrected chi connectivity index (χ4v) is 1.92. The molecule has 0 unspecified atom stereocenters. The molecule has 1 heterocycles. The zero-order valence-electron chi connectivity index (χ0n) is 10.6. The van der Waals surface area contributed by atoms with Crippen molar-refractivity contribution in [2.45, 2.75) is 19.4 Å². The highest BCUT2D eigenvalue weighted by Gasteiger charge is 2.05. The summed E-state index contributed by atoms with van der Waals surface area (Å²) in [5.74, 6) is -0.321. The van der Waals surface area contributed by atoms with E-state index in [0.29, 0.717) is 5.58 Å². The van der Waals surface area contributed by atoms with Crippen molar-refractivity contribution in [2.24, 2.45) is 12.8 Å². The third-order valence-corrected chi connectivity index (χ3v) is 2.99. The van der Waals surface area contributed by atoms with Gasteiger partial charge in [-0.15, -0.1) is 0 Å². The topological polar surface area (TPSA) is 73.2 Å². The lowest BCUT2D eigenvalue weighted by Gasteiger charge is -2.04. The summed E-state index contributed by atoms with van der Waals surface area (Å²) in [5, 5.41) is 3.34. The summed E-state index contributed by atoms with van der Waals surface area (Å²) in [5.41, 5.74) is 8.01. The number of hydrogen-bond acceptors (Lipinski definition) is 4. The SMILES string of the molecule is Cn1c(=O)oc2cc(CNCCCCN)ccc21. The smallest absolute Gasteiger partial charge is 0.408 e. The molecule has 0 spiro atoms. The molecule has 0 saturated heterocycles. The van der Waals surface area contributed by atoms with Gasteiger partial charge in [0, 0.05) is 13.6 Å². The Balaban J connectivity index is 2.00. The second-order valence-corrected chi connectivity index (χ2v) is 4.40. The fourth-order valence-electron chi connectivity index (χ4n) is 1.92. The number of nitrogens with two attached hydrogens (primary N) is 1. The van der Waals surface area contributed by atoms with Gasteiger partial charge in [0.15, 0.2) is 5.58 Å². The number of benzene rings is 1. The number of fused-ring (bicyclic) bond motifs is 1. The molecule has 0 radical (unpaired) electrons. The molecule has 2 aromatic rings. The number of rotatable bonds is 6. The van der Waals surface area contributed by atoms with Crippen molar-refractivity contribution in [1.82, 2.24) is 9.88 Å². The summed E-state index contributed by atoms with van der Waals surface area (Å²) < 4.78 is 6.66. The van der Waals surface area contributed by atoms with E-state index in [1.54, 1.807) is 7.05 Å². The Morgan fingerprint density at radius 3 is 3.00 bits per heavy atom. The minimum absolute atomic E-state index is 0.321. The summed E-state index contributed by atoms with van der Waals surface area (Å²) >= 11 is 0. The Hall–Kier alpha value is -1.59. The zero-order valence-corrected chi connectivity index (χ0v) is 10.6. The van der Waals surface area contributed by atoms with Crippen molar-refractivity contribution in [3.63, 3.8) is 0 Å². The molecule has 5 nitrogen and oxygen atoms in total. The lowest BCUT2D eigenvalue weighted by molar-refractivity contribution is 0.527. The molecular formula is C13H19N3O2. The molecule has 0 aliphatic heterocycles. The van der Waals surface area contributed by atoms with Crippen molar-refractivity contribution in [3.05, 3.63) is 34.3 Å². The van der Waals surface area contributed by atoms with Crippen LogP contribution in [0.2, 0.25) is 0 Å². The quantitative estimate of drug-likeness (QED) is 0.748. The van der Waals surface area contributed by atoms with Gasteiger partial charge in [0.05, 0.1) is 5.52 Å². The second kappa shape index (κ2) is 5.84. The maximum atomic E-state index is 11.4. The fraction of sp³-hybridized carbons (Fsp3) is 0.462. The molecule has 0 aliphatic rings. The molecule has 98 valence electrons. The van der Waals surface area contributed by atoms with Crippen LogP contribution in [0.3, 0.4) is 0 Å². The predicted molar refractivity (Wildman–Crippen MR) is 71.5 cm³/mol. The normalized spacial score (nSPS) is 11.2. The standard InChI is InChI=1S/C13H19N3O2/c1-16-11-5-4-10(8-12(11)18-13(16)17)9-15-7-3-2-6-14/h4-5,8,15H,2-3,6-7,9,14H2,1H3. The van der Waals surface area contributed by atoms with Gasteiger partial charge in [-0.1, -0.05) is 6.07 Å². The molecule has 0 saturated carbocycles. The second-order valence-electron chi connectivity index (χ2n) is 4.40. The third kappa shape index (κ3) is 2.80. The first-order valence-corrected chi connectivity index (χ1v) is 6.21. The maximum Gasteiger partial charge on any atom is 0.419 e. The molecule has 1 aromatic carbocycles. The first-order chi connectivity index (χ1) is 8.72. The van der Waals surface area contributed by atoms with Crippen LogP contribution in [0.5, 0.6) is 0 Å². The molecule has 5 heteroatoms. The monoisotopic (exact) mass is 249 g/mol. The molecule has 0 aliphatic carbocycles. The highest BCUT2D eigenvalue weighted by atomic mass is 16.4. The highest BCUT2D eigenvalue weighted by Crippen LogP contribution is 2.14. The molecule has 2 rings (SSSR count). The van der Waals surface area contributed by atoms with Crippen molar-refractivity contribution in [2.75, 3.05) is 13.1 Å². The summed E-state index contributed by atoms with van der Waals surface area (Å²) in [6.45, 7) is 2.47. The number of oxazole rings is 1. The minimum Gasteiger partial charge on any atom is -0.408 e. The summed E-state index contributed by atoms with van der Waals surface area (Å²) in [7, 11) is 1.71. The number of hydrogen-bond donors (Lipinski definition) is 2. The van der Waals surface area contributed by atoms with Crippen LogP contribution in [-0.2, 0) is 13.6 Å². The minimum atomic E-state index is -0.321. The summed E-state index contributed by atoms with van der Waals surface area (Å²) in [6, 6.07) is 5.83. The van der Waals surface area contributed by atoms with E-state index in [9.17, 15) is 4.79 Å². The predicted octanol–water partition coefficient (Wildman–Crippen LogP) is 0.960. The van der Waals surface area contributed by atoms with Gasteiger partial charge in [-0.05, 0) is 43.6 Å². The van der Waals surface area contributed by atoms with E-state index in [2.05, 4.69) is 5.32 Å². The van der Waals surface area contributed by atoms with Gasteiger partial charge in [-0.25, -0.2) is 4.79 Å². The van der Waals surface area contributed by atoms with Gasteiger partial charge in [0.2, 0.25) is 0 Å². The van der Waals surface area contributed by atoms with Crippen LogP contribution in [0, 0.1) is 0 Å².